The molecule has 2 aromatic carbocycles. The molecule has 3 N–H and O–H groups in total. The van der Waals surface area contributed by atoms with Gasteiger partial charge in [-0.25, -0.2) is 4.79 Å². The Labute approximate surface area is 175 Å². The molecule has 0 aliphatic heterocycles. The first-order valence-electron chi connectivity index (χ1n) is 9.57. The lowest BCUT2D eigenvalue weighted by atomic mass is 10.1. The highest BCUT2D eigenvalue weighted by Crippen LogP contribution is 2.23. The number of carbonyl (C=O) groups is 2. The predicted octanol–water partition coefficient (Wildman–Crippen LogP) is 4.12. The van der Waals surface area contributed by atoms with Crippen molar-refractivity contribution < 1.29 is 9.59 Å². The Kier molecular flexibility index (Phi) is 7.41. The fourth-order valence-electron chi connectivity index (χ4n) is 3.19. The van der Waals surface area contributed by atoms with Crippen molar-refractivity contribution in [2.45, 2.75) is 25.4 Å². The van der Waals surface area contributed by atoms with Crippen molar-refractivity contribution in [2.75, 3.05) is 6.54 Å². The molecule has 0 radical (unpaired) electrons. The zero-order valence-corrected chi connectivity index (χ0v) is 17.0. The molecule has 1 heterocycles. The van der Waals surface area contributed by atoms with Crippen molar-refractivity contribution in [1.82, 2.24) is 10.2 Å². The van der Waals surface area contributed by atoms with Crippen molar-refractivity contribution in [3.8, 4) is 0 Å². The molecule has 29 heavy (non-hydrogen) atoms. The number of amides is 3. The Morgan fingerprint density at radius 1 is 0.931 bits per heavy atom. The Balaban J connectivity index is 1.73. The summed E-state index contributed by atoms with van der Waals surface area (Å²) in [6.45, 7) is 1.13. The maximum Gasteiger partial charge on any atom is 0.312 e. The van der Waals surface area contributed by atoms with Crippen LogP contribution in [0.1, 0.15) is 28.5 Å². The highest BCUT2D eigenvalue weighted by atomic mass is 32.1. The molecule has 3 aromatic rings. The van der Waals surface area contributed by atoms with Gasteiger partial charge < -0.3 is 16.0 Å². The van der Waals surface area contributed by atoms with Crippen LogP contribution in [0.25, 0.3) is 0 Å². The third-order valence-corrected chi connectivity index (χ3v) is 5.65. The minimum Gasteiger partial charge on any atom is -0.352 e. The molecule has 1 atom stereocenters. The highest BCUT2D eigenvalue weighted by molar-refractivity contribution is 7.10. The third kappa shape index (κ3) is 6.47. The van der Waals surface area contributed by atoms with Crippen LogP contribution < -0.4 is 11.1 Å². The van der Waals surface area contributed by atoms with Gasteiger partial charge in [0, 0.05) is 18.0 Å². The summed E-state index contributed by atoms with van der Waals surface area (Å²) >= 11 is 1.50. The summed E-state index contributed by atoms with van der Waals surface area (Å²) in [4.78, 5) is 27.4. The summed E-state index contributed by atoms with van der Waals surface area (Å²) in [5.41, 5.74) is 7.60. The van der Waals surface area contributed by atoms with E-state index in [0.717, 1.165) is 16.9 Å². The predicted molar refractivity (Wildman–Crippen MR) is 116 cm³/mol. The Bertz CT molecular complexity index is 898. The first-order valence-corrected chi connectivity index (χ1v) is 10.4. The van der Waals surface area contributed by atoms with Gasteiger partial charge in [-0.15, -0.1) is 11.3 Å². The molecule has 3 amide bonds. The average Bonchev–Trinajstić information content (AvgIpc) is 3.26. The van der Waals surface area contributed by atoms with Crippen LogP contribution in [0.5, 0.6) is 0 Å². The van der Waals surface area contributed by atoms with Crippen molar-refractivity contribution >= 4 is 23.3 Å². The van der Waals surface area contributed by atoms with Gasteiger partial charge in [-0.1, -0.05) is 66.7 Å². The smallest absolute Gasteiger partial charge is 0.312 e. The minimum absolute atomic E-state index is 0.0167. The number of hydrogen-bond donors (Lipinski definition) is 2. The second kappa shape index (κ2) is 10.4. The van der Waals surface area contributed by atoms with E-state index in [0.29, 0.717) is 13.1 Å². The molecule has 0 fully saturated rings. The molecule has 0 saturated heterocycles. The van der Waals surface area contributed by atoms with Gasteiger partial charge in [-0.3, -0.25) is 4.79 Å². The SMILES string of the molecule is NC(=O)NC(CC(=O)N(CCc1ccccc1)Cc1ccccc1)c1cccs1. The zero-order valence-electron chi connectivity index (χ0n) is 16.2. The molecule has 0 saturated carbocycles. The summed E-state index contributed by atoms with van der Waals surface area (Å²) in [5, 5.41) is 4.63. The topological polar surface area (TPSA) is 75.4 Å². The molecule has 0 bridgehead atoms. The number of primary amides is 1. The fraction of sp³-hybridized carbons (Fsp3) is 0.217. The van der Waals surface area contributed by atoms with Gasteiger partial charge in [0.25, 0.3) is 0 Å². The number of nitrogens with zero attached hydrogens (tertiary/aromatic N) is 1. The second-order valence-corrected chi connectivity index (χ2v) is 7.80. The highest BCUT2D eigenvalue weighted by Gasteiger charge is 2.22. The number of nitrogens with two attached hydrogens (primary N) is 1. The second-order valence-electron chi connectivity index (χ2n) is 6.82. The van der Waals surface area contributed by atoms with Crippen LogP contribution >= 0.6 is 11.3 Å². The van der Waals surface area contributed by atoms with E-state index in [4.69, 9.17) is 5.73 Å². The quantitative estimate of drug-likeness (QED) is 0.560. The standard InChI is InChI=1S/C23H25N3O2S/c24-23(28)25-20(21-12-7-15-29-21)16-22(27)26(17-19-10-5-2-6-11-19)14-13-18-8-3-1-4-9-18/h1-12,15,20H,13-14,16-17H2,(H3,24,25,28). The maximum atomic E-state index is 13.2. The zero-order chi connectivity index (χ0) is 20.5. The number of carbonyl (C=O) groups excluding carboxylic acids is 2. The third-order valence-electron chi connectivity index (χ3n) is 4.66. The van der Waals surface area contributed by atoms with E-state index in [1.165, 1.54) is 16.9 Å². The Morgan fingerprint density at radius 3 is 2.17 bits per heavy atom. The van der Waals surface area contributed by atoms with Crippen LogP contribution in [0.15, 0.2) is 78.2 Å². The van der Waals surface area contributed by atoms with Gasteiger partial charge in [0.1, 0.15) is 0 Å². The Hall–Kier alpha value is -3.12. The number of hydrogen-bond acceptors (Lipinski definition) is 3. The number of urea groups is 1. The van der Waals surface area contributed by atoms with Gasteiger partial charge in [0.2, 0.25) is 5.91 Å². The lowest BCUT2D eigenvalue weighted by Gasteiger charge is -2.25. The lowest BCUT2D eigenvalue weighted by molar-refractivity contribution is -0.132. The van der Waals surface area contributed by atoms with Crippen LogP contribution in [0, 0.1) is 0 Å². The van der Waals surface area contributed by atoms with Crippen LogP contribution in [0.2, 0.25) is 0 Å². The number of rotatable bonds is 9. The van der Waals surface area contributed by atoms with E-state index in [-0.39, 0.29) is 12.3 Å². The molecule has 5 nitrogen and oxygen atoms in total. The summed E-state index contributed by atoms with van der Waals surface area (Å²) in [7, 11) is 0. The molecular formula is C23H25N3O2S. The van der Waals surface area contributed by atoms with E-state index < -0.39 is 12.1 Å². The van der Waals surface area contributed by atoms with Crippen LogP contribution in [-0.2, 0) is 17.8 Å². The van der Waals surface area contributed by atoms with Gasteiger partial charge >= 0.3 is 6.03 Å². The lowest BCUT2D eigenvalue weighted by Crippen LogP contribution is -2.38. The van der Waals surface area contributed by atoms with Gasteiger partial charge in [0.15, 0.2) is 0 Å². The van der Waals surface area contributed by atoms with Gasteiger partial charge in [0.05, 0.1) is 12.5 Å². The number of thiophene rings is 1. The summed E-state index contributed by atoms with van der Waals surface area (Å²) in [5.74, 6) is -0.0167. The van der Waals surface area contributed by atoms with E-state index in [9.17, 15) is 9.59 Å². The van der Waals surface area contributed by atoms with E-state index in [1.807, 2.05) is 70.9 Å². The van der Waals surface area contributed by atoms with Crippen molar-refractivity contribution in [3.63, 3.8) is 0 Å². The summed E-state index contributed by atoms with van der Waals surface area (Å²) < 4.78 is 0. The largest absolute Gasteiger partial charge is 0.352 e. The molecule has 0 aliphatic rings. The van der Waals surface area contributed by atoms with E-state index >= 15 is 0 Å². The molecule has 1 aromatic heterocycles. The van der Waals surface area contributed by atoms with Crippen LogP contribution in [0.3, 0.4) is 0 Å². The molecule has 6 heteroatoms. The first kappa shape index (κ1) is 20.6. The molecule has 0 aliphatic carbocycles. The number of benzene rings is 2. The van der Waals surface area contributed by atoms with Gasteiger partial charge in [-0.05, 0) is 29.0 Å². The molecule has 3 rings (SSSR count). The normalized spacial score (nSPS) is 11.6. The summed E-state index contributed by atoms with van der Waals surface area (Å²) in [6, 6.07) is 22.8. The summed E-state index contributed by atoms with van der Waals surface area (Å²) in [6.07, 6.45) is 0.942. The van der Waals surface area contributed by atoms with Gasteiger partial charge in [-0.2, -0.15) is 0 Å². The molecular weight excluding hydrogens is 382 g/mol. The van der Waals surface area contributed by atoms with Crippen LogP contribution in [0.4, 0.5) is 4.79 Å². The maximum absolute atomic E-state index is 13.2. The Morgan fingerprint density at radius 2 is 1.59 bits per heavy atom. The van der Waals surface area contributed by atoms with E-state index in [2.05, 4.69) is 17.4 Å². The molecule has 150 valence electrons. The van der Waals surface area contributed by atoms with Crippen molar-refractivity contribution in [3.05, 3.63) is 94.2 Å². The minimum atomic E-state index is -0.630. The molecule has 1 unspecified atom stereocenters. The van der Waals surface area contributed by atoms with E-state index in [1.54, 1.807) is 0 Å². The van der Waals surface area contributed by atoms with Crippen LogP contribution in [-0.4, -0.2) is 23.4 Å². The van der Waals surface area contributed by atoms with Crippen molar-refractivity contribution in [2.24, 2.45) is 5.73 Å². The number of nitrogens with one attached hydrogen (secondary N) is 1. The first-order chi connectivity index (χ1) is 14.1. The monoisotopic (exact) mass is 407 g/mol. The van der Waals surface area contributed by atoms with Crippen molar-refractivity contribution in [1.29, 1.82) is 0 Å². The molecule has 0 spiro atoms. The fourth-order valence-corrected chi connectivity index (χ4v) is 3.97. The average molecular weight is 408 g/mol.